The molecule has 0 aliphatic rings. The second-order valence-electron chi connectivity index (χ2n) is 6.15. The zero-order valence-electron chi connectivity index (χ0n) is 14.5. The van der Waals surface area contributed by atoms with E-state index in [1.807, 2.05) is 35.3 Å². The Bertz CT molecular complexity index is 1090. The summed E-state index contributed by atoms with van der Waals surface area (Å²) >= 11 is 1.57. The van der Waals surface area contributed by atoms with Crippen molar-refractivity contribution in [3.63, 3.8) is 0 Å². The minimum Gasteiger partial charge on any atom is -0.330 e. The summed E-state index contributed by atoms with van der Waals surface area (Å²) < 4.78 is 18.7. The summed E-state index contributed by atoms with van der Waals surface area (Å²) in [7, 11) is 0. The maximum atomic E-state index is 13.5. The second-order valence-corrected chi connectivity index (χ2v) is 6.76. The van der Waals surface area contributed by atoms with Gasteiger partial charge in [0.15, 0.2) is 0 Å². The lowest BCUT2D eigenvalue weighted by atomic mass is 10.0. The number of fused-ring (bicyclic) bond motifs is 1. The molecule has 0 bridgehead atoms. The van der Waals surface area contributed by atoms with Crippen molar-refractivity contribution in [3.8, 4) is 16.8 Å². The van der Waals surface area contributed by atoms with Crippen molar-refractivity contribution >= 4 is 28.5 Å². The number of benzene rings is 3. The van der Waals surface area contributed by atoms with Crippen molar-refractivity contribution in [2.45, 2.75) is 6.92 Å². The first-order valence-corrected chi connectivity index (χ1v) is 9.52. The molecule has 5 heteroatoms. The van der Waals surface area contributed by atoms with Crippen LogP contribution in [0.25, 0.3) is 27.7 Å². The Balaban J connectivity index is 1.75. The number of aryl methyl sites for hydroxylation is 1. The fourth-order valence-electron chi connectivity index (χ4n) is 3.06. The quantitative estimate of drug-likeness (QED) is 0.463. The molecule has 1 aromatic heterocycles. The molecule has 0 saturated carbocycles. The molecule has 130 valence electrons. The average molecular weight is 363 g/mol. The molecule has 0 radical (unpaired) electrons. The zero-order chi connectivity index (χ0) is 18.1. The maximum absolute atomic E-state index is 13.5. The highest BCUT2D eigenvalue weighted by Gasteiger charge is 2.08. The van der Waals surface area contributed by atoms with Crippen molar-refractivity contribution < 1.29 is 4.39 Å². The number of hydrogen-bond acceptors (Lipinski definition) is 3. The van der Waals surface area contributed by atoms with Gasteiger partial charge in [-0.2, -0.15) is 5.10 Å². The molecular formula is C21H18FN3S. The van der Waals surface area contributed by atoms with Gasteiger partial charge < -0.3 is 4.72 Å². The Labute approximate surface area is 156 Å². The third-order valence-electron chi connectivity index (χ3n) is 4.37. The van der Waals surface area contributed by atoms with Crippen molar-refractivity contribution in [2.75, 3.05) is 11.0 Å². The molecule has 0 fully saturated rings. The van der Waals surface area contributed by atoms with Crippen LogP contribution in [-0.2, 0) is 0 Å². The fraction of sp³-hybridized carbons (Fsp3) is 0.0952. The molecule has 0 aliphatic carbocycles. The Morgan fingerprint density at radius 2 is 1.85 bits per heavy atom. The predicted molar refractivity (Wildman–Crippen MR) is 108 cm³/mol. The molecule has 0 amide bonds. The lowest BCUT2D eigenvalue weighted by Gasteiger charge is -2.08. The predicted octanol–water partition coefficient (Wildman–Crippen LogP) is 5.83. The van der Waals surface area contributed by atoms with E-state index in [1.54, 1.807) is 24.9 Å². The number of hydrogen-bond donors (Lipinski definition) is 1. The van der Waals surface area contributed by atoms with Crippen molar-refractivity contribution in [1.82, 2.24) is 9.78 Å². The molecule has 0 saturated heterocycles. The Morgan fingerprint density at radius 3 is 2.65 bits per heavy atom. The zero-order valence-corrected chi connectivity index (χ0v) is 15.3. The number of halogens is 1. The summed E-state index contributed by atoms with van der Waals surface area (Å²) in [5.41, 5.74) is 5.83. The molecule has 4 rings (SSSR count). The molecular weight excluding hydrogens is 345 g/mol. The first kappa shape index (κ1) is 16.7. The highest BCUT2D eigenvalue weighted by atomic mass is 32.2. The van der Waals surface area contributed by atoms with E-state index in [4.69, 9.17) is 0 Å². The topological polar surface area (TPSA) is 29.9 Å². The van der Waals surface area contributed by atoms with Crippen LogP contribution in [0.1, 0.15) is 5.56 Å². The highest BCUT2D eigenvalue weighted by Crippen LogP contribution is 2.28. The lowest BCUT2D eigenvalue weighted by molar-refractivity contribution is 0.617. The van der Waals surface area contributed by atoms with E-state index in [9.17, 15) is 4.39 Å². The van der Waals surface area contributed by atoms with Crippen LogP contribution in [0.4, 0.5) is 10.1 Å². The van der Waals surface area contributed by atoms with Crippen molar-refractivity contribution in [2.24, 2.45) is 0 Å². The first-order chi connectivity index (χ1) is 12.7. The summed E-state index contributed by atoms with van der Waals surface area (Å²) in [5, 5.41) is 5.55. The Morgan fingerprint density at radius 1 is 1.00 bits per heavy atom. The molecule has 3 nitrogen and oxygen atoms in total. The molecule has 3 aromatic carbocycles. The summed E-state index contributed by atoms with van der Waals surface area (Å²) in [6.07, 6.45) is 3.85. The molecule has 0 spiro atoms. The second kappa shape index (κ2) is 6.84. The van der Waals surface area contributed by atoms with Crippen LogP contribution in [0.2, 0.25) is 0 Å². The largest absolute Gasteiger partial charge is 0.330 e. The normalized spacial score (nSPS) is 11.0. The third-order valence-corrected chi connectivity index (χ3v) is 4.81. The molecule has 0 aliphatic heterocycles. The van der Waals surface area contributed by atoms with Gasteiger partial charge in [-0.25, -0.2) is 9.07 Å². The van der Waals surface area contributed by atoms with E-state index in [-0.39, 0.29) is 5.82 Å². The summed E-state index contributed by atoms with van der Waals surface area (Å²) in [6, 6.07) is 19.7. The molecule has 0 atom stereocenters. The van der Waals surface area contributed by atoms with Crippen LogP contribution in [0.5, 0.6) is 0 Å². The van der Waals surface area contributed by atoms with Crippen LogP contribution in [-0.4, -0.2) is 16.0 Å². The van der Waals surface area contributed by atoms with Gasteiger partial charge in [0.2, 0.25) is 0 Å². The van der Waals surface area contributed by atoms with Gasteiger partial charge in [0.25, 0.3) is 0 Å². The number of nitrogens with one attached hydrogen (secondary N) is 1. The number of rotatable bonds is 4. The fourth-order valence-corrected chi connectivity index (χ4v) is 3.42. The van der Waals surface area contributed by atoms with Crippen LogP contribution in [0.3, 0.4) is 0 Å². The van der Waals surface area contributed by atoms with E-state index in [1.165, 1.54) is 6.07 Å². The molecule has 1 N–H and O–H groups in total. The van der Waals surface area contributed by atoms with E-state index in [0.717, 1.165) is 33.4 Å². The van der Waals surface area contributed by atoms with Gasteiger partial charge in [0.1, 0.15) is 5.82 Å². The van der Waals surface area contributed by atoms with Gasteiger partial charge in [0, 0.05) is 17.3 Å². The number of anilines is 1. The summed E-state index contributed by atoms with van der Waals surface area (Å²) in [6.45, 7) is 1.76. The Kier molecular flexibility index (Phi) is 4.39. The van der Waals surface area contributed by atoms with E-state index in [0.29, 0.717) is 5.56 Å². The van der Waals surface area contributed by atoms with Gasteiger partial charge in [-0.15, -0.1) is 0 Å². The first-order valence-electron chi connectivity index (χ1n) is 8.29. The molecule has 26 heavy (non-hydrogen) atoms. The van der Waals surface area contributed by atoms with E-state index < -0.39 is 0 Å². The van der Waals surface area contributed by atoms with Crippen molar-refractivity contribution in [3.05, 3.63) is 78.2 Å². The van der Waals surface area contributed by atoms with E-state index in [2.05, 4.69) is 40.2 Å². The van der Waals surface area contributed by atoms with Gasteiger partial charge in [-0.3, -0.25) is 0 Å². The van der Waals surface area contributed by atoms with Crippen LogP contribution >= 0.6 is 11.9 Å². The summed E-state index contributed by atoms with van der Waals surface area (Å²) in [5.74, 6) is -0.203. The smallest absolute Gasteiger partial charge is 0.126 e. The number of aromatic nitrogens is 2. The maximum Gasteiger partial charge on any atom is 0.126 e. The van der Waals surface area contributed by atoms with Gasteiger partial charge >= 0.3 is 0 Å². The molecule has 0 unspecified atom stereocenters. The van der Waals surface area contributed by atoms with Crippen LogP contribution in [0.15, 0.2) is 66.9 Å². The van der Waals surface area contributed by atoms with E-state index >= 15 is 0 Å². The monoisotopic (exact) mass is 363 g/mol. The lowest BCUT2D eigenvalue weighted by Crippen LogP contribution is -1.97. The summed E-state index contributed by atoms with van der Waals surface area (Å²) in [4.78, 5) is 0. The minimum atomic E-state index is -0.203. The van der Waals surface area contributed by atoms with Gasteiger partial charge in [-0.1, -0.05) is 30.1 Å². The minimum absolute atomic E-state index is 0.203. The number of nitrogens with zero attached hydrogens (tertiary/aromatic N) is 2. The highest BCUT2D eigenvalue weighted by molar-refractivity contribution is 7.99. The molecule has 4 aromatic rings. The SMILES string of the molecule is CSNc1cccc(-c2ccc3c(cnn3-c3ccc(F)c(C)c3)c2)c1. The van der Waals surface area contributed by atoms with Gasteiger partial charge in [0.05, 0.1) is 17.4 Å². The average Bonchev–Trinajstić information content (AvgIpc) is 3.08. The van der Waals surface area contributed by atoms with Gasteiger partial charge in [-0.05, 0) is 66.1 Å². The molecule has 1 heterocycles. The Hall–Kier alpha value is -2.79. The van der Waals surface area contributed by atoms with Crippen molar-refractivity contribution in [1.29, 1.82) is 0 Å². The third kappa shape index (κ3) is 3.06. The standard InChI is InChI=1S/C21H18FN3S/c1-14-10-19(7-8-20(14)22)25-21-9-6-16(11-17(21)13-23-25)15-4-3-5-18(12-15)24-26-2/h3-13,24H,1-2H3. The van der Waals surface area contributed by atoms with Crippen LogP contribution in [0, 0.1) is 12.7 Å². The van der Waals surface area contributed by atoms with Crippen LogP contribution < -0.4 is 4.72 Å².